The van der Waals surface area contributed by atoms with Crippen molar-refractivity contribution >= 4 is 12.0 Å². The Labute approximate surface area is 81.0 Å². The summed E-state index contributed by atoms with van der Waals surface area (Å²) < 4.78 is 17.7. The second-order valence-electron chi connectivity index (χ2n) is 2.62. The number of rotatable bonds is 3. The fourth-order valence-electron chi connectivity index (χ4n) is 0.995. The smallest absolute Gasteiger partial charge is 0.241 e. The van der Waals surface area contributed by atoms with Crippen LogP contribution in [0.2, 0.25) is 0 Å². The van der Waals surface area contributed by atoms with Crippen molar-refractivity contribution in [2.75, 3.05) is 7.11 Å². The van der Waals surface area contributed by atoms with E-state index in [9.17, 15) is 9.18 Å². The minimum atomic E-state index is -0.559. The minimum absolute atomic E-state index is 0.363. The Balaban J connectivity index is 3.02. The van der Waals surface area contributed by atoms with Gasteiger partial charge in [-0.05, 0) is 18.2 Å². The number of hydrogen-bond acceptors (Lipinski definition) is 2. The van der Waals surface area contributed by atoms with Gasteiger partial charge in [-0.2, -0.15) is 0 Å². The van der Waals surface area contributed by atoms with Crippen molar-refractivity contribution in [1.82, 2.24) is 0 Å². The average molecular weight is 195 g/mol. The molecular weight excluding hydrogens is 185 g/mol. The Morgan fingerprint density at radius 1 is 1.57 bits per heavy atom. The number of benzene rings is 1. The van der Waals surface area contributed by atoms with Crippen LogP contribution >= 0.6 is 0 Å². The largest absolute Gasteiger partial charge is 0.496 e. The molecule has 74 valence electrons. The van der Waals surface area contributed by atoms with E-state index in [4.69, 9.17) is 10.5 Å². The lowest BCUT2D eigenvalue weighted by Gasteiger charge is -2.03. The number of halogens is 1. The second kappa shape index (κ2) is 4.41. The van der Waals surface area contributed by atoms with Gasteiger partial charge in [-0.1, -0.05) is 0 Å². The Bertz CT molecular complexity index is 374. The van der Waals surface area contributed by atoms with Gasteiger partial charge in [-0.25, -0.2) is 4.39 Å². The lowest BCUT2D eigenvalue weighted by atomic mass is 10.2. The number of carbonyl (C=O) groups is 1. The first kappa shape index (κ1) is 10.2. The summed E-state index contributed by atoms with van der Waals surface area (Å²) >= 11 is 0. The Morgan fingerprint density at radius 2 is 2.29 bits per heavy atom. The van der Waals surface area contributed by atoms with Crippen molar-refractivity contribution < 1.29 is 13.9 Å². The molecule has 0 saturated heterocycles. The number of hydrogen-bond donors (Lipinski definition) is 1. The van der Waals surface area contributed by atoms with Gasteiger partial charge in [0.25, 0.3) is 0 Å². The molecule has 3 nitrogen and oxygen atoms in total. The summed E-state index contributed by atoms with van der Waals surface area (Å²) in [5.74, 6) is -0.586. The topological polar surface area (TPSA) is 52.3 Å². The fraction of sp³-hybridized carbons (Fsp3) is 0.100. The van der Waals surface area contributed by atoms with Gasteiger partial charge < -0.3 is 10.5 Å². The van der Waals surface area contributed by atoms with Crippen molar-refractivity contribution in [2.24, 2.45) is 5.73 Å². The van der Waals surface area contributed by atoms with Crippen LogP contribution in [0.5, 0.6) is 5.75 Å². The molecule has 0 aromatic heterocycles. The molecule has 1 aromatic rings. The van der Waals surface area contributed by atoms with Crippen molar-refractivity contribution in [3.8, 4) is 5.75 Å². The van der Waals surface area contributed by atoms with Gasteiger partial charge >= 0.3 is 0 Å². The van der Waals surface area contributed by atoms with E-state index in [1.807, 2.05) is 0 Å². The zero-order valence-electron chi connectivity index (χ0n) is 7.66. The van der Waals surface area contributed by atoms with Crippen molar-refractivity contribution in [2.45, 2.75) is 0 Å². The first-order valence-electron chi connectivity index (χ1n) is 3.94. The van der Waals surface area contributed by atoms with E-state index in [1.165, 1.54) is 37.5 Å². The van der Waals surface area contributed by atoms with E-state index in [0.29, 0.717) is 11.3 Å². The highest BCUT2D eigenvalue weighted by molar-refractivity contribution is 5.90. The first-order chi connectivity index (χ1) is 6.63. The lowest BCUT2D eigenvalue weighted by Crippen LogP contribution is -2.05. The summed E-state index contributed by atoms with van der Waals surface area (Å²) in [6.07, 6.45) is 2.66. The van der Waals surface area contributed by atoms with Gasteiger partial charge in [0.1, 0.15) is 11.6 Å². The third-order valence-corrected chi connectivity index (χ3v) is 1.62. The Hall–Kier alpha value is -1.84. The van der Waals surface area contributed by atoms with Crippen LogP contribution in [0, 0.1) is 5.82 Å². The molecule has 4 heteroatoms. The molecule has 0 aliphatic carbocycles. The molecule has 2 N–H and O–H groups in total. The molecule has 0 atom stereocenters. The van der Waals surface area contributed by atoms with Crippen LogP contribution in [0.3, 0.4) is 0 Å². The average Bonchev–Trinajstić information content (AvgIpc) is 2.15. The number of ether oxygens (including phenoxy) is 1. The van der Waals surface area contributed by atoms with E-state index < -0.39 is 11.7 Å². The number of amides is 1. The molecule has 0 unspecified atom stereocenters. The van der Waals surface area contributed by atoms with Crippen LogP contribution in [0.15, 0.2) is 24.3 Å². The molecule has 0 spiro atoms. The molecule has 1 amide bonds. The molecule has 0 aliphatic heterocycles. The minimum Gasteiger partial charge on any atom is -0.496 e. The van der Waals surface area contributed by atoms with Crippen molar-refractivity contribution in [3.05, 3.63) is 35.7 Å². The predicted molar refractivity (Wildman–Crippen MR) is 51.2 cm³/mol. The van der Waals surface area contributed by atoms with E-state index in [0.717, 1.165) is 0 Å². The Kier molecular flexibility index (Phi) is 3.23. The molecule has 0 fully saturated rings. The summed E-state index contributed by atoms with van der Waals surface area (Å²) in [5, 5.41) is 0. The highest BCUT2D eigenvalue weighted by Gasteiger charge is 2.01. The normalized spacial score (nSPS) is 10.4. The van der Waals surface area contributed by atoms with Crippen LogP contribution in [0.4, 0.5) is 4.39 Å². The van der Waals surface area contributed by atoms with Crippen LogP contribution in [0.25, 0.3) is 6.08 Å². The number of methoxy groups -OCH3 is 1. The zero-order chi connectivity index (χ0) is 10.6. The van der Waals surface area contributed by atoms with E-state index in [1.54, 1.807) is 0 Å². The van der Waals surface area contributed by atoms with Gasteiger partial charge in [-0.15, -0.1) is 0 Å². The lowest BCUT2D eigenvalue weighted by molar-refractivity contribution is -0.113. The van der Waals surface area contributed by atoms with E-state index >= 15 is 0 Å². The molecule has 14 heavy (non-hydrogen) atoms. The SMILES string of the molecule is COc1cc(F)ccc1/C=C\C(N)=O. The number of primary amides is 1. The van der Waals surface area contributed by atoms with Gasteiger partial charge in [0, 0.05) is 17.7 Å². The summed E-state index contributed by atoms with van der Waals surface area (Å²) in [7, 11) is 1.43. The summed E-state index contributed by atoms with van der Waals surface area (Å²) in [6, 6.07) is 4.03. The summed E-state index contributed by atoms with van der Waals surface area (Å²) in [6.45, 7) is 0. The maximum atomic E-state index is 12.7. The van der Waals surface area contributed by atoms with E-state index in [-0.39, 0.29) is 0 Å². The molecular formula is C10H10FNO2. The molecule has 1 aromatic carbocycles. The van der Waals surface area contributed by atoms with Crippen LogP contribution in [0.1, 0.15) is 5.56 Å². The highest BCUT2D eigenvalue weighted by Crippen LogP contribution is 2.20. The van der Waals surface area contributed by atoms with Crippen LogP contribution < -0.4 is 10.5 Å². The van der Waals surface area contributed by atoms with Crippen molar-refractivity contribution in [3.63, 3.8) is 0 Å². The third-order valence-electron chi connectivity index (χ3n) is 1.62. The standard InChI is InChI=1S/C10H10FNO2/c1-14-9-6-8(11)4-2-7(9)3-5-10(12)13/h2-6H,1H3,(H2,12,13)/b5-3-. The number of carbonyl (C=O) groups excluding carboxylic acids is 1. The first-order valence-corrected chi connectivity index (χ1v) is 3.94. The van der Waals surface area contributed by atoms with Gasteiger partial charge in [0.05, 0.1) is 7.11 Å². The molecule has 0 radical (unpaired) electrons. The molecule has 0 aliphatic rings. The third kappa shape index (κ3) is 2.58. The van der Waals surface area contributed by atoms with Crippen LogP contribution in [-0.4, -0.2) is 13.0 Å². The molecule has 0 saturated carbocycles. The maximum absolute atomic E-state index is 12.7. The molecule has 0 heterocycles. The second-order valence-corrected chi connectivity index (χ2v) is 2.62. The van der Waals surface area contributed by atoms with Crippen LogP contribution in [-0.2, 0) is 4.79 Å². The van der Waals surface area contributed by atoms with Crippen molar-refractivity contribution in [1.29, 1.82) is 0 Å². The summed E-state index contributed by atoms with van der Waals surface area (Å²) in [5.41, 5.74) is 5.53. The van der Waals surface area contributed by atoms with Gasteiger partial charge in [0.15, 0.2) is 0 Å². The summed E-state index contributed by atoms with van der Waals surface area (Å²) in [4.78, 5) is 10.5. The quantitative estimate of drug-likeness (QED) is 0.740. The highest BCUT2D eigenvalue weighted by atomic mass is 19.1. The van der Waals surface area contributed by atoms with Gasteiger partial charge in [0.2, 0.25) is 5.91 Å². The zero-order valence-corrected chi connectivity index (χ0v) is 7.66. The predicted octanol–water partition coefficient (Wildman–Crippen LogP) is 1.33. The Morgan fingerprint density at radius 3 is 2.86 bits per heavy atom. The monoisotopic (exact) mass is 195 g/mol. The fourth-order valence-corrected chi connectivity index (χ4v) is 0.995. The van der Waals surface area contributed by atoms with E-state index in [2.05, 4.69) is 0 Å². The van der Waals surface area contributed by atoms with Gasteiger partial charge in [-0.3, -0.25) is 4.79 Å². The maximum Gasteiger partial charge on any atom is 0.241 e. The number of nitrogens with two attached hydrogens (primary N) is 1. The molecule has 0 bridgehead atoms. The molecule has 1 rings (SSSR count).